The minimum absolute atomic E-state index is 0.375. The Bertz CT molecular complexity index is 307. The first-order valence-corrected chi connectivity index (χ1v) is 12.3. The molecule has 0 aliphatic carbocycles. The fourth-order valence-electron chi connectivity index (χ4n) is 2.65. The third-order valence-corrected chi connectivity index (χ3v) is 6.99. The fourth-order valence-corrected chi connectivity index (χ4v) is 5.46. The molecule has 0 aliphatic heterocycles. The second-order valence-corrected chi connectivity index (χ2v) is 9.55. The molecule has 0 spiro atoms. The molecule has 0 saturated carbocycles. The summed E-state index contributed by atoms with van der Waals surface area (Å²) in [6, 6.07) is 0.611. The number of rotatable bonds is 18. The minimum atomic E-state index is -4.21. The standard InChI is InChI=1S/C19H39F3O3Si/c1-4-7-8-9-10-11-12-13-18-26(23-15-5-2,24-16-6-3)25-17-14-19(20,21)22/h4-18H2,1-3H3. The van der Waals surface area contributed by atoms with Crippen molar-refractivity contribution in [3.63, 3.8) is 0 Å². The van der Waals surface area contributed by atoms with Crippen LogP contribution in [-0.4, -0.2) is 34.8 Å². The van der Waals surface area contributed by atoms with Crippen LogP contribution in [0.3, 0.4) is 0 Å². The summed E-state index contributed by atoms with van der Waals surface area (Å²) < 4.78 is 54.8. The van der Waals surface area contributed by atoms with Gasteiger partial charge in [-0.3, -0.25) is 0 Å². The van der Waals surface area contributed by atoms with Crippen LogP contribution in [0.4, 0.5) is 13.2 Å². The number of hydrogen-bond acceptors (Lipinski definition) is 3. The maximum Gasteiger partial charge on any atom is 0.500 e. The zero-order valence-corrected chi connectivity index (χ0v) is 18.0. The Morgan fingerprint density at radius 2 is 1.08 bits per heavy atom. The van der Waals surface area contributed by atoms with E-state index in [4.69, 9.17) is 13.3 Å². The molecular formula is C19H39F3O3Si. The first kappa shape index (κ1) is 25.9. The van der Waals surface area contributed by atoms with Gasteiger partial charge in [0.15, 0.2) is 0 Å². The van der Waals surface area contributed by atoms with Gasteiger partial charge in [0.05, 0.1) is 6.42 Å². The van der Waals surface area contributed by atoms with Gasteiger partial charge in [-0.05, 0) is 19.3 Å². The second kappa shape index (κ2) is 15.9. The molecule has 0 unspecified atom stereocenters. The van der Waals surface area contributed by atoms with Gasteiger partial charge in [0.2, 0.25) is 0 Å². The van der Waals surface area contributed by atoms with Gasteiger partial charge in [-0.15, -0.1) is 0 Å². The first-order chi connectivity index (χ1) is 12.4. The van der Waals surface area contributed by atoms with E-state index >= 15 is 0 Å². The van der Waals surface area contributed by atoms with E-state index in [9.17, 15) is 13.2 Å². The van der Waals surface area contributed by atoms with E-state index in [1.807, 2.05) is 13.8 Å². The summed E-state index contributed by atoms with van der Waals surface area (Å²) >= 11 is 0. The van der Waals surface area contributed by atoms with Crippen LogP contribution in [0.25, 0.3) is 0 Å². The quantitative estimate of drug-likeness (QED) is 0.185. The third-order valence-electron chi connectivity index (χ3n) is 4.10. The monoisotopic (exact) mass is 400 g/mol. The van der Waals surface area contributed by atoms with Crippen LogP contribution < -0.4 is 0 Å². The lowest BCUT2D eigenvalue weighted by molar-refractivity contribution is -0.142. The molecule has 7 heteroatoms. The molecule has 0 aromatic rings. The predicted octanol–water partition coefficient (Wildman–Crippen LogP) is 6.89. The van der Waals surface area contributed by atoms with Crippen LogP contribution in [0.2, 0.25) is 6.04 Å². The molecule has 0 aromatic carbocycles. The van der Waals surface area contributed by atoms with Gasteiger partial charge in [-0.1, -0.05) is 65.7 Å². The highest BCUT2D eigenvalue weighted by Crippen LogP contribution is 2.25. The molecule has 26 heavy (non-hydrogen) atoms. The van der Waals surface area contributed by atoms with Gasteiger partial charge >= 0.3 is 15.0 Å². The molecule has 3 nitrogen and oxygen atoms in total. The molecule has 0 bridgehead atoms. The lowest BCUT2D eigenvalue weighted by atomic mass is 10.1. The van der Waals surface area contributed by atoms with Crippen LogP contribution in [-0.2, 0) is 13.3 Å². The highest BCUT2D eigenvalue weighted by molar-refractivity contribution is 6.60. The van der Waals surface area contributed by atoms with Crippen molar-refractivity contribution in [2.45, 2.75) is 104 Å². The van der Waals surface area contributed by atoms with E-state index in [2.05, 4.69) is 6.92 Å². The lowest BCUT2D eigenvalue weighted by Crippen LogP contribution is -2.47. The molecule has 0 radical (unpaired) electrons. The lowest BCUT2D eigenvalue weighted by Gasteiger charge is -2.30. The highest BCUT2D eigenvalue weighted by atomic mass is 28.4. The van der Waals surface area contributed by atoms with E-state index in [-0.39, 0.29) is 6.61 Å². The van der Waals surface area contributed by atoms with Crippen LogP contribution in [0.5, 0.6) is 0 Å². The molecular weight excluding hydrogens is 361 g/mol. The SMILES string of the molecule is CCCCCCCCCC[Si](OCCC)(OCCC)OCCC(F)(F)F. The largest absolute Gasteiger partial charge is 0.500 e. The molecule has 0 amide bonds. The highest BCUT2D eigenvalue weighted by Gasteiger charge is 2.41. The van der Waals surface area contributed by atoms with Gasteiger partial charge in [0.1, 0.15) is 0 Å². The zero-order chi connectivity index (χ0) is 19.7. The van der Waals surface area contributed by atoms with Crippen molar-refractivity contribution in [2.24, 2.45) is 0 Å². The van der Waals surface area contributed by atoms with Gasteiger partial charge in [0.25, 0.3) is 0 Å². The Morgan fingerprint density at radius 3 is 1.54 bits per heavy atom. The summed E-state index contributed by atoms with van der Waals surface area (Å²) in [5, 5.41) is 0. The van der Waals surface area contributed by atoms with Crippen molar-refractivity contribution >= 4 is 8.80 Å². The fraction of sp³-hybridized carbons (Fsp3) is 1.00. The molecule has 0 fully saturated rings. The third kappa shape index (κ3) is 15.0. The second-order valence-electron chi connectivity index (χ2n) is 6.82. The van der Waals surface area contributed by atoms with E-state index in [1.54, 1.807) is 0 Å². The topological polar surface area (TPSA) is 27.7 Å². The van der Waals surface area contributed by atoms with Crippen molar-refractivity contribution in [1.82, 2.24) is 0 Å². The summed E-state index contributed by atoms with van der Waals surface area (Å²) in [7, 11) is -3.02. The summed E-state index contributed by atoms with van der Waals surface area (Å²) in [6.45, 7) is 6.73. The molecule has 0 rings (SSSR count). The summed E-state index contributed by atoms with van der Waals surface area (Å²) in [6.07, 6.45) is 5.81. The van der Waals surface area contributed by atoms with E-state index < -0.39 is 21.4 Å². The summed E-state index contributed by atoms with van der Waals surface area (Å²) in [4.78, 5) is 0. The number of halogens is 3. The Labute approximate surface area is 159 Å². The number of hydrogen-bond donors (Lipinski definition) is 0. The Balaban J connectivity index is 4.42. The molecule has 0 saturated heterocycles. The van der Waals surface area contributed by atoms with Crippen molar-refractivity contribution in [2.75, 3.05) is 19.8 Å². The summed E-state index contributed by atoms with van der Waals surface area (Å²) in [5.41, 5.74) is 0. The molecule has 158 valence electrons. The zero-order valence-electron chi connectivity index (χ0n) is 17.0. The predicted molar refractivity (Wildman–Crippen MR) is 102 cm³/mol. The van der Waals surface area contributed by atoms with E-state index in [1.165, 1.54) is 32.1 Å². The van der Waals surface area contributed by atoms with Gasteiger partial charge in [-0.2, -0.15) is 13.2 Å². The minimum Gasteiger partial charge on any atom is -0.373 e. The maximum atomic E-state index is 12.5. The number of alkyl halides is 3. The van der Waals surface area contributed by atoms with Crippen molar-refractivity contribution in [3.8, 4) is 0 Å². The Morgan fingerprint density at radius 1 is 0.615 bits per heavy atom. The van der Waals surface area contributed by atoms with Crippen LogP contribution >= 0.6 is 0 Å². The molecule has 0 N–H and O–H groups in total. The van der Waals surface area contributed by atoms with Crippen molar-refractivity contribution < 1.29 is 26.4 Å². The average Bonchev–Trinajstić information content (AvgIpc) is 2.59. The van der Waals surface area contributed by atoms with Crippen LogP contribution in [0, 0.1) is 0 Å². The van der Waals surface area contributed by atoms with Crippen molar-refractivity contribution in [3.05, 3.63) is 0 Å². The number of unbranched alkanes of at least 4 members (excludes halogenated alkanes) is 7. The van der Waals surface area contributed by atoms with Gasteiger partial charge in [0, 0.05) is 25.9 Å². The van der Waals surface area contributed by atoms with Gasteiger partial charge < -0.3 is 13.3 Å². The average molecular weight is 401 g/mol. The normalized spacial score (nSPS) is 12.7. The van der Waals surface area contributed by atoms with Crippen LogP contribution in [0.15, 0.2) is 0 Å². The molecule has 0 atom stereocenters. The first-order valence-electron chi connectivity index (χ1n) is 10.4. The van der Waals surface area contributed by atoms with E-state index in [0.29, 0.717) is 19.3 Å². The van der Waals surface area contributed by atoms with Gasteiger partial charge in [-0.25, -0.2) is 0 Å². The molecule has 0 heterocycles. The van der Waals surface area contributed by atoms with Crippen LogP contribution in [0.1, 0.15) is 91.4 Å². The van der Waals surface area contributed by atoms with Crippen molar-refractivity contribution in [1.29, 1.82) is 0 Å². The Hall–Kier alpha value is -0.113. The molecule has 0 aromatic heterocycles. The summed E-state index contributed by atoms with van der Waals surface area (Å²) in [5.74, 6) is 0. The molecule has 0 aliphatic rings. The smallest absolute Gasteiger partial charge is 0.373 e. The van der Waals surface area contributed by atoms with E-state index in [0.717, 1.165) is 32.1 Å². The maximum absolute atomic E-state index is 12.5. The Kier molecular flexibility index (Phi) is 15.8.